The molecule has 0 aromatic heterocycles. The van der Waals surface area contributed by atoms with Crippen molar-refractivity contribution in [3.8, 4) is 0 Å². The van der Waals surface area contributed by atoms with Crippen LogP contribution in [0.3, 0.4) is 0 Å². The quantitative estimate of drug-likeness (QED) is 0.831. The van der Waals surface area contributed by atoms with Crippen molar-refractivity contribution < 1.29 is 14.6 Å². The van der Waals surface area contributed by atoms with Crippen molar-refractivity contribution in [2.45, 2.75) is 32.5 Å². The molecule has 1 saturated heterocycles. The maximum absolute atomic E-state index is 12.0. The van der Waals surface area contributed by atoms with Crippen LogP contribution < -0.4 is 5.73 Å². The molecule has 1 fully saturated rings. The Bertz CT molecular complexity index is 534. The third kappa shape index (κ3) is 5.41. The van der Waals surface area contributed by atoms with Gasteiger partial charge in [0.1, 0.15) is 5.60 Å². The van der Waals surface area contributed by atoms with Gasteiger partial charge in [-0.1, -0.05) is 12.1 Å². The zero-order valence-corrected chi connectivity index (χ0v) is 14.2. The van der Waals surface area contributed by atoms with Gasteiger partial charge in [-0.2, -0.15) is 0 Å². The number of nitrogen functional groups attached to an aromatic ring is 1. The summed E-state index contributed by atoms with van der Waals surface area (Å²) < 4.78 is 5.38. The molecule has 128 valence electrons. The van der Waals surface area contributed by atoms with E-state index in [1.54, 1.807) is 17.0 Å². The predicted octanol–water partition coefficient (Wildman–Crippen LogP) is 1.85. The van der Waals surface area contributed by atoms with Gasteiger partial charge in [0.2, 0.25) is 0 Å². The lowest BCUT2D eigenvalue weighted by Crippen LogP contribution is -2.50. The largest absolute Gasteiger partial charge is 0.444 e. The number of aliphatic hydroxyl groups is 1. The SMILES string of the molecule is CC(C)(C)OC(=O)N1CCN(CC(O)c2cccc(N)c2)CC1. The third-order valence-electron chi connectivity index (χ3n) is 3.75. The summed E-state index contributed by atoms with van der Waals surface area (Å²) in [5.41, 5.74) is 6.74. The van der Waals surface area contributed by atoms with Crippen molar-refractivity contribution >= 4 is 11.8 Å². The molecule has 1 aromatic rings. The Kier molecular flexibility index (Phi) is 5.49. The van der Waals surface area contributed by atoms with Gasteiger partial charge in [0.15, 0.2) is 0 Å². The highest BCUT2D eigenvalue weighted by Crippen LogP contribution is 2.18. The number of rotatable bonds is 3. The van der Waals surface area contributed by atoms with Gasteiger partial charge < -0.3 is 20.5 Å². The fourth-order valence-corrected chi connectivity index (χ4v) is 2.56. The first-order chi connectivity index (χ1) is 10.7. The minimum absolute atomic E-state index is 0.270. The first-order valence-corrected chi connectivity index (χ1v) is 7.98. The van der Waals surface area contributed by atoms with Crippen LogP contribution in [0.2, 0.25) is 0 Å². The van der Waals surface area contributed by atoms with Gasteiger partial charge in [0, 0.05) is 38.4 Å². The fourth-order valence-electron chi connectivity index (χ4n) is 2.56. The number of carbonyl (C=O) groups excluding carboxylic acids is 1. The van der Waals surface area contributed by atoms with Crippen molar-refractivity contribution in [3.63, 3.8) is 0 Å². The summed E-state index contributed by atoms with van der Waals surface area (Å²) in [6, 6.07) is 7.31. The number of β-amino-alcohol motifs (C(OH)–C–C–N with tert-alkyl or cyclic N) is 1. The Labute approximate surface area is 137 Å². The van der Waals surface area contributed by atoms with Crippen LogP contribution in [0.25, 0.3) is 0 Å². The van der Waals surface area contributed by atoms with Gasteiger partial charge in [-0.3, -0.25) is 4.90 Å². The molecule has 1 amide bonds. The molecule has 2 rings (SSSR count). The minimum Gasteiger partial charge on any atom is -0.444 e. The standard InChI is InChI=1S/C17H27N3O3/c1-17(2,3)23-16(22)20-9-7-19(8-10-20)12-15(21)13-5-4-6-14(18)11-13/h4-6,11,15,21H,7-10,12,18H2,1-3H3. The second-order valence-corrected chi connectivity index (χ2v) is 6.95. The Morgan fingerprint density at radius 3 is 2.52 bits per heavy atom. The molecule has 1 aromatic carbocycles. The van der Waals surface area contributed by atoms with E-state index in [-0.39, 0.29) is 6.09 Å². The van der Waals surface area contributed by atoms with Gasteiger partial charge >= 0.3 is 6.09 Å². The normalized spacial score (nSPS) is 17.8. The van der Waals surface area contributed by atoms with Crippen LogP contribution in [0.15, 0.2) is 24.3 Å². The highest BCUT2D eigenvalue weighted by molar-refractivity contribution is 5.68. The van der Waals surface area contributed by atoms with Gasteiger partial charge in [-0.25, -0.2) is 4.79 Å². The van der Waals surface area contributed by atoms with E-state index in [1.165, 1.54) is 0 Å². The third-order valence-corrected chi connectivity index (χ3v) is 3.75. The van der Waals surface area contributed by atoms with E-state index < -0.39 is 11.7 Å². The Balaban J connectivity index is 1.81. The smallest absolute Gasteiger partial charge is 0.410 e. The number of aliphatic hydroxyl groups excluding tert-OH is 1. The monoisotopic (exact) mass is 321 g/mol. The first-order valence-electron chi connectivity index (χ1n) is 7.98. The van der Waals surface area contributed by atoms with Crippen molar-refractivity contribution in [2.75, 3.05) is 38.5 Å². The van der Waals surface area contributed by atoms with E-state index in [1.807, 2.05) is 32.9 Å². The molecule has 6 nitrogen and oxygen atoms in total. The molecule has 0 saturated carbocycles. The molecule has 0 radical (unpaired) electrons. The summed E-state index contributed by atoms with van der Waals surface area (Å²) in [6.45, 7) is 8.79. The van der Waals surface area contributed by atoms with Gasteiger partial charge in [0.25, 0.3) is 0 Å². The summed E-state index contributed by atoms with van der Waals surface area (Å²) in [7, 11) is 0. The highest BCUT2D eigenvalue weighted by atomic mass is 16.6. The number of hydrogen-bond donors (Lipinski definition) is 2. The Morgan fingerprint density at radius 2 is 1.96 bits per heavy atom. The number of ether oxygens (including phenoxy) is 1. The molecular weight excluding hydrogens is 294 g/mol. The van der Waals surface area contributed by atoms with Crippen LogP contribution in [0, 0.1) is 0 Å². The summed E-state index contributed by atoms with van der Waals surface area (Å²) in [4.78, 5) is 15.9. The number of piperazine rings is 1. The number of nitrogens with two attached hydrogens (primary N) is 1. The van der Waals surface area contributed by atoms with E-state index >= 15 is 0 Å². The number of hydrogen-bond acceptors (Lipinski definition) is 5. The molecule has 6 heteroatoms. The molecule has 0 aliphatic carbocycles. The number of carbonyl (C=O) groups is 1. The molecular formula is C17H27N3O3. The predicted molar refractivity (Wildman–Crippen MR) is 90.1 cm³/mol. The van der Waals surface area contributed by atoms with Crippen LogP contribution in [-0.4, -0.2) is 59.3 Å². The molecule has 0 bridgehead atoms. The number of benzene rings is 1. The average molecular weight is 321 g/mol. The van der Waals surface area contributed by atoms with Crippen LogP contribution in [-0.2, 0) is 4.74 Å². The summed E-state index contributed by atoms with van der Waals surface area (Å²) in [5.74, 6) is 0. The zero-order chi connectivity index (χ0) is 17.0. The topological polar surface area (TPSA) is 79.0 Å². The minimum atomic E-state index is -0.577. The van der Waals surface area contributed by atoms with E-state index in [0.29, 0.717) is 25.3 Å². The molecule has 1 unspecified atom stereocenters. The van der Waals surface area contributed by atoms with Crippen LogP contribution in [0.4, 0.5) is 10.5 Å². The highest BCUT2D eigenvalue weighted by Gasteiger charge is 2.26. The lowest BCUT2D eigenvalue weighted by Gasteiger charge is -2.36. The van der Waals surface area contributed by atoms with Crippen LogP contribution in [0.1, 0.15) is 32.4 Å². The molecule has 1 aliphatic rings. The number of anilines is 1. The van der Waals surface area contributed by atoms with Crippen molar-refractivity contribution in [2.24, 2.45) is 0 Å². The van der Waals surface area contributed by atoms with Crippen LogP contribution in [0.5, 0.6) is 0 Å². The maximum atomic E-state index is 12.0. The fraction of sp³-hybridized carbons (Fsp3) is 0.588. The van der Waals surface area contributed by atoms with Crippen molar-refractivity contribution in [1.29, 1.82) is 0 Å². The molecule has 1 heterocycles. The molecule has 1 atom stereocenters. The lowest BCUT2D eigenvalue weighted by atomic mass is 10.1. The van der Waals surface area contributed by atoms with Gasteiger partial charge in [0.05, 0.1) is 6.10 Å². The lowest BCUT2D eigenvalue weighted by molar-refractivity contribution is 0.0101. The molecule has 0 spiro atoms. The summed E-state index contributed by atoms with van der Waals surface area (Å²) in [6.07, 6.45) is -0.847. The van der Waals surface area contributed by atoms with E-state index in [2.05, 4.69) is 4.90 Å². The molecule has 23 heavy (non-hydrogen) atoms. The van der Waals surface area contributed by atoms with Gasteiger partial charge in [-0.15, -0.1) is 0 Å². The summed E-state index contributed by atoms with van der Waals surface area (Å²) >= 11 is 0. The van der Waals surface area contributed by atoms with E-state index in [0.717, 1.165) is 18.7 Å². The van der Waals surface area contributed by atoms with E-state index in [9.17, 15) is 9.90 Å². The van der Waals surface area contributed by atoms with E-state index in [4.69, 9.17) is 10.5 Å². The first kappa shape index (κ1) is 17.6. The average Bonchev–Trinajstić information content (AvgIpc) is 2.46. The zero-order valence-electron chi connectivity index (χ0n) is 14.2. The Morgan fingerprint density at radius 1 is 1.30 bits per heavy atom. The maximum Gasteiger partial charge on any atom is 0.410 e. The second kappa shape index (κ2) is 7.19. The van der Waals surface area contributed by atoms with Gasteiger partial charge in [-0.05, 0) is 38.5 Å². The molecule has 3 N–H and O–H groups in total. The number of amides is 1. The number of nitrogens with zero attached hydrogens (tertiary/aromatic N) is 2. The van der Waals surface area contributed by atoms with Crippen molar-refractivity contribution in [1.82, 2.24) is 9.80 Å². The summed E-state index contributed by atoms with van der Waals surface area (Å²) in [5, 5.41) is 10.3. The van der Waals surface area contributed by atoms with Crippen LogP contribution >= 0.6 is 0 Å². The van der Waals surface area contributed by atoms with Crippen molar-refractivity contribution in [3.05, 3.63) is 29.8 Å². The molecule has 1 aliphatic heterocycles. The Hall–Kier alpha value is -1.79. The second-order valence-electron chi connectivity index (χ2n) is 6.95.